The lowest BCUT2D eigenvalue weighted by molar-refractivity contribution is 0.248. The highest BCUT2D eigenvalue weighted by atomic mass is 35.5. The van der Waals surface area contributed by atoms with Gasteiger partial charge in [-0.25, -0.2) is 9.48 Å². The summed E-state index contributed by atoms with van der Waals surface area (Å²) >= 11 is 6.08. The SMILES string of the molecule is CCC(NC(=O)Nc1c(C)nn(-c2ccccc2)c1C)c1cccc(Cl)c1. The number of hydrogen-bond donors (Lipinski definition) is 2. The summed E-state index contributed by atoms with van der Waals surface area (Å²) in [6, 6.07) is 17.0. The molecule has 1 aromatic heterocycles. The zero-order chi connectivity index (χ0) is 19.4. The predicted molar refractivity (Wildman–Crippen MR) is 110 cm³/mol. The quantitative estimate of drug-likeness (QED) is 0.619. The first-order chi connectivity index (χ1) is 13.0. The van der Waals surface area contributed by atoms with Crippen LogP contribution in [0.25, 0.3) is 5.69 Å². The molecule has 140 valence electrons. The molecule has 0 saturated carbocycles. The first-order valence-electron chi connectivity index (χ1n) is 8.94. The van der Waals surface area contributed by atoms with Gasteiger partial charge < -0.3 is 10.6 Å². The molecule has 2 N–H and O–H groups in total. The fourth-order valence-corrected chi connectivity index (χ4v) is 3.30. The van der Waals surface area contributed by atoms with Crippen molar-refractivity contribution in [3.05, 3.63) is 76.6 Å². The number of benzene rings is 2. The van der Waals surface area contributed by atoms with E-state index in [1.54, 1.807) is 0 Å². The number of para-hydroxylation sites is 1. The summed E-state index contributed by atoms with van der Waals surface area (Å²) in [5.74, 6) is 0. The Morgan fingerprint density at radius 1 is 1.15 bits per heavy atom. The molecule has 3 rings (SSSR count). The molecule has 0 aliphatic carbocycles. The number of anilines is 1. The number of rotatable bonds is 5. The molecule has 0 aliphatic rings. The average molecular weight is 383 g/mol. The fraction of sp³-hybridized carbons (Fsp3) is 0.238. The minimum absolute atomic E-state index is 0.117. The molecule has 2 amide bonds. The van der Waals surface area contributed by atoms with Crippen LogP contribution in [0.15, 0.2) is 54.6 Å². The van der Waals surface area contributed by atoms with Gasteiger partial charge in [-0.15, -0.1) is 0 Å². The van der Waals surface area contributed by atoms with Gasteiger partial charge in [0, 0.05) is 5.02 Å². The Bertz CT molecular complexity index is 937. The van der Waals surface area contributed by atoms with E-state index in [1.807, 2.05) is 80.1 Å². The number of carbonyl (C=O) groups excluding carboxylic acids is 1. The molecule has 0 bridgehead atoms. The number of urea groups is 1. The number of halogens is 1. The Kier molecular flexibility index (Phi) is 5.81. The molecule has 27 heavy (non-hydrogen) atoms. The third kappa shape index (κ3) is 4.31. The number of hydrogen-bond acceptors (Lipinski definition) is 2. The number of amides is 2. The van der Waals surface area contributed by atoms with Gasteiger partial charge in [-0.05, 0) is 50.1 Å². The maximum absolute atomic E-state index is 12.6. The molecule has 0 saturated heterocycles. The number of aromatic nitrogens is 2. The number of carbonyl (C=O) groups is 1. The molecule has 1 heterocycles. The van der Waals surface area contributed by atoms with Crippen LogP contribution in [0, 0.1) is 13.8 Å². The van der Waals surface area contributed by atoms with Gasteiger partial charge in [0.25, 0.3) is 0 Å². The third-order valence-electron chi connectivity index (χ3n) is 4.50. The van der Waals surface area contributed by atoms with Crippen molar-refractivity contribution in [2.45, 2.75) is 33.2 Å². The van der Waals surface area contributed by atoms with E-state index in [0.717, 1.165) is 34.7 Å². The third-order valence-corrected chi connectivity index (χ3v) is 4.73. The molecule has 2 aromatic carbocycles. The van der Waals surface area contributed by atoms with E-state index in [2.05, 4.69) is 15.7 Å². The molecule has 3 aromatic rings. The summed E-state index contributed by atoms with van der Waals surface area (Å²) in [5.41, 5.74) is 4.30. The van der Waals surface area contributed by atoms with Crippen molar-refractivity contribution in [3.63, 3.8) is 0 Å². The number of nitrogens with one attached hydrogen (secondary N) is 2. The van der Waals surface area contributed by atoms with E-state index in [-0.39, 0.29) is 12.1 Å². The molecule has 1 atom stereocenters. The van der Waals surface area contributed by atoms with Crippen LogP contribution in [0.1, 0.15) is 36.3 Å². The van der Waals surface area contributed by atoms with Crippen molar-refractivity contribution >= 4 is 23.3 Å². The van der Waals surface area contributed by atoms with E-state index in [9.17, 15) is 4.79 Å². The van der Waals surface area contributed by atoms with Crippen LogP contribution < -0.4 is 10.6 Å². The first-order valence-corrected chi connectivity index (χ1v) is 9.32. The second-order valence-electron chi connectivity index (χ2n) is 6.41. The zero-order valence-electron chi connectivity index (χ0n) is 15.7. The van der Waals surface area contributed by atoms with E-state index in [0.29, 0.717) is 5.02 Å². The summed E-state index contributed by atoms with van der Waals surface area (Å²) in [6.07, 6.45) is 0.759. The highest BCUT2D eigenvalue weighted by Gasteiger charge is 2.18. The van der Waals surface area contributed by atoms with Crippen LogP contribution >= 0.6 is 11.6 Å². The van der Waals surface area contributed by atoms with Gasteiger partial charge in [0.2, 0.25) is 0 Å². The van der Waals surface area contributed by atoms with E-state index in [1.165, 1.54) is 0 Å². The molecule has 0 spiro atoms. The summed E-state index contributed by atoms with van der Waals surface area (Å²) in [5, 5.41) is 11.2. The van der Waals surface area contributed by atoms with Crippen molar-refractivity contribution in [1.29, 1.82) is 0 Å². The lowest BCUT2D eigenvalue weighted by Crippen LogP contribution is -2.32. The Morgan fingerprint density at radius 3 is 2.56 bits per heavy atom. The summed E-state index contributed by atoms with van der Waals surface area (Å²) < 4.78 is 1.83. The smallest absolute Gasteiger partial charge is 0.319 e. The largest absolute Gasteiger partial charge is 0.331 e. The maximum atomic E-state index is 12.6. The van der Waals surface area contributed by atoms with E-state index >= 15 is 0 Å². The monoisotopic (exact) mass is 382 g/mol. The molecule has 5 nitrogen and oxygen atoms in total. The van der Waals surface area contributed by atoms with Gasteiger partial charge in [0.1, 0.15) is 0 Å². The highest BCUT2D eigenvalue weighted by molar-refractivity contribution is 6.30. The topological polar surface area (TPSA) is 59.0 Å². The minimum atomic E-state index is -0.263. The Morgan fingerprint density at radius 2 is 1.89 bits per heavy atom. The Labute approximate surface area is 164 Å². The van der Waals surface area contributed by atoms with Gasteiger partial charge in [-0.3, -0.25) is 0 Å². The molecular formula is C21H23ClN4O. The van der Waals surface area contributed by atoms with Crippen molar-refractivity contribution < 1.29 is 4.79 Å². The van der Waals surface area contributed by atoms with Gasteiger partial charge >= 0.3 is 6.03 Å². The van der Waals surface area contributed by atoms with Gasteiger partial charge in [0.05, 0.1) is 28.8 Å². The summed E-state index contributed by atoms with van der Waals surface area (Å²) in [7, 11) is 0. The van der Waals surface area contributed by atoms with Gasteiger partial charge in [-0.1, -0.05) is 48.9 Å². The highest BCUT2D eigenvalue weighted by Crippen LogP contribution is 2.24. The lowest BCUT2D eigenvalue weighted by atomic mass is 10.1. The van der Waals surface area contributed by atoms with Crippen molar-refractivity contribution in [3.8, 4) is 5.69 Å². The molecule has 0 radical (unpaired) electrons. The van der Waals surface area contributed by atoms with E-state index in [4.69, 9.17) is 11.6 Å². The van der Waals surface area contributed by atoms with Gasteiger partial charge in [-0.2, -0.15) is 5.10 Å². The van der Waals surface area contributed by atoms with Gasteiger partial charge in [0.15, 0.2) is 0 Å². The molecule has 0 aliphatic heterocycles. The number of aryl methyl sites for hydroxylation is 1. The van der Waals surface area contributed by atoms with Crippen molar-refractivity contribution in [2.75, 3.05) is 5.32 Å². The predicted octanol–water partition coefficient (Wildman–Crippen LogP) is 5.42. The van der Waals surface area contributed by atoms with Crippen molar-refractivity contribution in [1.82, 2.24) is 15.1 Å². The Hall–Kier alpha value is -2.79. The van der Waals surface area contributed by atoms with Crippen LogP contribution in [0.4, 0.5) is 10.5 Å². The standard InChI is InChI=1S/C21H23ClN4O/c1-4-19(16-9-8-10-17(22)13-16)23-21(27)24-20-14(2)25-26(15(20)3)18-11-6-5-7-12-18/h5-13,19H,4H2,1-3H3,(H2,23,24,27). The first kappa shape index (κ1) is 19.0. The van der Waals surface area contributed by atoms with Crippen LogP contribution in [0.5, 0.6) is 0 Å². The molecule has 0 fully saturated rings. The number of nitrogens with zero attached hydrogens (tertiary/aromatic N) is 2. The molecule has 1 unspecified atom stereocenters. The fourth-order valence-electron chi connectivity index (χ4n) is 3.10. The zero-order valence-corrected chi connectivity index (χ0v) is 16.4. The normalized spacial score (nSPS) is 11.9. The Balaban J connectivity index is 1.77. The maximum Gasteiger partial charge on any atom is 0.319 e. The molecular weight excluding hydrogens is 360 g/mol. The van der Waals surface area contributed by atoms with E-state index < -0.39 is 0 Å². The average Bonchev–Trinajstić information content (AvgIpc) is 2.95. The molecule has 6 heteroatoms. The second-order valence-corrected chi connectivity index (χ2v) is 6.84. The summed E-state index contributed by atoms with van der Waals surface area (Å²) in [6.45, 7) is 5.85. The minimum Gasteiger partial charge on any atom is -0.331 e. The van der Waals surface area contributed by atoms with Crippen LogP contribution in [-0.4, -0.2) is 15.8 Å². The van der Waals surface area contributed by atoms with Crippen LogP contribution in [-0.2, 0) is 0 Å². The second kappa shape index (κ2) is 8.27. The van der Waals surface area contributed by atoms with Crippen molar-refractivity contribution in [2.24, 2.45) is 0 Å². The van der Waals surface area contributed by atoms with Crippen LogP contribution in [0.3, 0.4) is 0 Å². The lowest BCUT2D eigenvalue weighted by Gasteiger charge is -2.18. The summed E-state index contributed by atoms with van der Waals surface area (Å²) in [4.78, 5) is 12.6. The van der Waals surface area contributed by atoms with Crippen LogP contribution in [0.2, 0.25) is 5.02 Å².